The van der Waals surface area contributed by atoms with Crippen LogP contribution < -0.4 is 0 Å². The highest BCUT2D eigenvalue weighted by atomic mass is 19.4. The number of rotatable bonds is 5. The summed E-state index contributed by atoms with van der Waals surface area (Å²) in [5, 5.41) is 7.71. The number of nitrogens with zero attached hydrogens (tertiary/aromatic N) is 6. The van der Waals surface area contributed by atoms with Gasteiger partial charge in [-0.05, 0) is 36.8 Å². The Morgan fingerprint density at radius 2 is 1.76 bits per heavy atom. The minimum absolute atomic E-state index is 0.400. The smallest absolute Gasteiger partial charge is 0.335 e. The molecule has 2 heterocycles. The van der Waals surface area contributed by atoms with Crippen LogP contribution in [0.3, 0.4) is 0 Å². The lowest BCUT2D eigenvalue weighted by Crippen LogP contribution is -2.31. The molecule has 0 saturated carbocycles. The van der Waals surface area contributed by atoms with Gasteiger partial charge in [0.15, 0.2) is 5.69 Å². The fraction of sp³-hybridized carbons (Fsp3) is 0.182. The van der Waals surface area contributed by atoms with Gasteiger partial charge in [0, 0.05) is 7.05 Å². The van der Waals surface area contributed by atoms with Crippen LogP contribution in [-0.4, -0.2) is 42.4 Å². The molecule has 0 spiro atoms. The van der Waals surface area contributed by atoms with Crippen LogP contribution in [0, 0.1) is 5.82 Å². The molecule has 0 bridgehead atoms. The Morgan fingerprint density at radius 1 is 1.06 bits per heavy atom. The SMILES string of the molecule is CC(c1ccc(-n2cncn2)cc1)N(C)C(=O)c1cnn(-c2ccccc2F)c1C(F)(F)F. The summed E-state index contributed by atoms with van der Waals surface area (Å²) in [6.07, 6.45) is -1.20. The van der Waals surface area contributed by atoms with Crippen molar-refractivity contribution in [3.05, 3.63) is 90.0 Å². The molecule has 4 rings (SSSR count). The molecule has 4 aromatic rings. The minimum atomic E-state index is -4.94. The number of hydrogen-bond acceptors (Lipinski definition) is 4. The summed E-state index contributed by atoms with van der Waals surface area (Å²) < 4.78 is 57.9. The molecule has 0 fully saturated rings. The van der Waals surface area contributed by atoms with E-state index in [4.69, 9.17) is 0 Å². The number of benzene rings is 2. The van der Waals surface area contributed by atoms with E-state index in [0.29, 0.717) is 10.2 Å². The molecule has 0 radical (unpaired) electrons. The number of aromatic nitrogens is 5. The van der Waals surface area contributed by atoms with Crippen LogP contribution in [0.1, 0.15) is 34.6 Å². The first kappa shape index (κ1) is 22.2. The van der Waals surface area contributed by atoms with Gasteiger partial charge < -0.3 is 4.90 Å². The van der Waals surface area contributed by atoms with Crippen molar-refractivity contribution in [3.8, 4) is 11.4 Å². The van der Waals surface area contributed by atoms with Gasteiger partial charge in [0.05, 0.1) is 23.5 Å². The highest BCUT2D eigenvalue weighted by molar-refractivity contribution is 5.95. The first-order valence-electron chi connectivity index (χ1n) is 9.80. The van der Waals surface area contributed by atoms with Crippen LogP contribution in [0.5, 0.6) is 0 Å². The van der Waals surface area contributed by atoms with Gasteiger partial charge >= 0.3 is 6.18 Å². The number of carbonyl (C=O) groups is 1. The Kier molecular flexibility index (Phi) is 5.71. The lowest BCUT2D eigenvalue weighted by atomic mass is 10.1. The second-order valence-electron chi connectivity index (χ2n) is 7.29. The topological polar surface area (TPSA) is 68.8 Å². The molecule has 170 valence electrons. The molecule has 2 aromatic carbocycles. The van der Waals surface area contributed by atoms with Gasteiger partial charge in [-0.15, -0.1) is 0 Å². The molecule has 1 unspecified atom stereocenters. The van der Waals surface area contributed by atoms with Gasteiger partial charge in [-0.25, -0.2) is 18.7 Å². The first-order chi connectivity index (χ1) is 15.7. The Labute approximate surface area is 185 Å². The van der Waals surface area contributed by atoms with Gasteiger partial charge in [-0.2, -0.15) is 23.4 Å². The predicted octanol–water partition coefficient (Wildman–Crippen LogP) is 4.44. The lowest BCUT2D eigenvalue weighted by Gasteiger charge is -2.26. The van der Waals surface area contributed by atoms with E-state index in [9.17, 15) is 22.4 Å². The van der Waals surface area contributed by atoms with Gasteiger partial charge in [-0.3, -0.25) is 4.79 Å². The predicted molar refractivity (Wildman–Crippen MR) is 110 cm³/mol. The van der Waals surface area contributed by atoms with E-state index >= 15 is 0 Å². The number of hydrogen-bond donors (Lipinski definition) is 0. The van der Waals surface area contributed by atoms with Gasteiger partial charge in [0.1, 0.15) is 24.2 Å². The second kappa shape index (κ2) is 8.49. The van der Waals surface area contributed by atoms with Crippen molar-refractivity contribution in [2.24, 2.45) is 0 Å². The fourth-order valence-electron chi connectivity index (χ4n) is 3.42. The van der Waals surface area contributed by atoms with Crippen molar-refractivity contribution >= 4 is 5.91 Å². The maximum absolute atomic E-state index is 14.2. The van der Waals surface area contributed by atoms with E-state index in [1.807, 2.05) is 0 Å². The summed E-state index contributed by atoms with van der Waals surface area (Å²) in [4.78, 5) is 18.1. The second-order valence-corrected chi connectivity index (χ2v) is 7.29. The van der Waals surface area contributed by atoms with Crippen molar-refractivity contribution in [2.75, 3.05) is 7.05 Å². The largest absolute Gasteiger partial charge is 0.434 e. The molecule has 0 aliphatic rings. The summed E-state index contributed by atoms with van der Waals surface area (Å²) in [5.41, 5.74) is -0.964. The quantitative estimate of drug-likeness (QED) is 0.415. The van der Waals surface area contributed by atoms with Gasteiger partial charge in [0.25, 0.3) is 5.91 Å². The number of para-hydroxylation sites is 1. The van der Waals surface area contributed by atoms with Crippen LogP contribution in [-0.2, 0) is 6.18 Å². The average molecular weight is 458 g/mol. The van der Waals surface area contributed by atoms with E-state index in [0.717, 1.165) is 24.0 Å². The first-order valence-corrected chi connectivity index (χ1v) is 9.80. The molecule has 0 N–H and O–H groups in total. The molecule has 33 heavy (non-hydrogen) atoms. The monoisotopic (exact) mass is 458 g/mol. The molecule has 11 heteroatoms. The van der Waals surface area contributed by atoms with Crippen molar-refractivity contribution in [2.45, 2.75) is 19.1 Å². The number of carbonyl (C=O) groups excluding carboxylic acids is 1. The van der Waals surface area contributed by atoms with Crippen molar-refractivity contribution in [1.29, 1.82) is 0 Å². The van der Waals surface area contributed by atoms with Crippen LogP contribution in [0.25, 0.3) is 11.4 Å². The Hall–Kier alpha value is -4.02. The molecular formula is C22H18F4N6O. The van der Waals surface area contributed by atoms with Crippen LogP contribution in [0.4, 0.5) is 17.6 Å². The standard InChI is InChI=1S/C22H18F4N6O/c1-14(15-7-9-16(10-8-15)31-13-27-12-29-31)30(2)21(33)17-11-28-32(20(17)22(24,25)26)19-6-4-3-5-18(19)23/h3-14H,1-2H3. The van der Waals surface area contributed by atoms with Gasteiger partial charge in [-0.1, -0.05) is 24.3 Å². The summed E-state index contributed by atoms with van der Waals surface area (Å²) in [7, 11) is 1.40. The number of amides is 1. The Morgan fingerprint density at radius 3 is 2.36 bits per heavy atom. The maximum Gasteiger partial charge on any atom is 0.434 e. The molecule has 0 aliphatic heterocycles. The highest BCUT2D eigenvalue weighted by Crippen LogP contribution is 2.35. The third kappa shape index (κ3) is 4.21. The Bertz CT molecular complexity index is 1270. The third-order valence-corrected chi connectivity index (χ3v) is 5.31. The van der Waals surface area contributed by atoms with E-state index < -0.39 is 40.9 Å². The molecule has 0 aliphatic carbocycles. The van der Waals surface area contributed by atoms with E-state index in [-0.39, 0.29) is 0 Å². The summed E-state index contributed by atoms with van der Waals surface area (Å²) >= 11 is 0. The van der Waals surface area contributed by atoms with Crippen LogP contribution in [0.15, 0.2) is 67.4 Å². The maximum atomic E-state index is 14.2. The fourth-order valence-corrected chi connectivity index (χ4v) is 3.42. The average Bonchev–Trinajstić information content (AvgIpc) is 3.48. The van der Waals surface area contributed by atoms with Crippen molar-refractivity contribution < 1.29 is 22.4 Å². The molecule has 1 amide bonds. The van der Waals surface area contributed by atoms with Crippen LogP contribution in [0.2, 0.25) is 0 Å². The number of alkyl halides is 3. The Balaban J connectivity index is 1.65. The molecular weight excluding hydrogens is 440 g/mol. The van der Waals surface area contributed by atoms with Crippen molar-refractivity contribution in [1.82, 2.24) is 29.4 Å². The zero-order valence-electron chi connectivity index (χ0n) is 17.5. The highest BCUT2D eigenvalue weighted by Gasteiger charge is 2.42. The van der Waals surface area contributed by atoms with E-state index in [2.05, 4.69) is 15.2 Å². The zero-order chi connectivity index (χ0) is 23.8. The normalized spacial score (nSPS) is 12.5. The lowest BCUT2D eigenvalue weighted by molar-refractivity contribution is -0.143. The number of halogens is 4. The summed E-state index contributed by atoms with van der Waals surface area (Å²) in [6, 6.07) is 11.4. The van der Waals surface area contributed by atoms with E-state index in [1.54, 1.807) is 35.9 Å². The molecule has 2 aromatic heterocycles. The third-order valence-electron chi connectivity index (χ3n) is 5.31. The van der Waals surface area contributed by atoms with Crippen molar-refractivity contribution in [3.63, 3.8) is 0 Å². The molecule has 0 saturated heterocycles. The van der Waals surface area contributed by atoms with E-state index in [1.165, 1.54) is 36.7 Å². The summed E-state index contributed by atoms with van der Waals surface area (Å²) in [5.74, 6) is -1.78. The molecule has 1 atom stereocenters. The zero-order valence-corrected chi connectivity index (χ0v) is 17.5. The molecule has 7 nitrogen and oxygen atoms in total. The summed E-state index contributed by atoms with van der Waals surface area (Å²) in [6.45, 7) is 1.69. The van der Waals surface area contributed by atoms with Gasteiger partial charge in [0.2, 0.25) is 0 Å². The van der Waals surface area contributed by atoms with Crippen LogP contribution >= 0.6 is 0 Å². The minimum Gasteiger partial charge on any atom is -0.335 e.